The Morgan fingerprint density at radius 2 is 1.78 bits per heavy atom. The second kappa shape index (κ2) is 5.63. The molecule has 100 valence electrons. The fourth-order valence-corrected chi connectivity index (χ4v) is 1.61. The Hall–Kier alpha value is -1.20. The van der Waals surface area contributed by atoms with Crippen molar-refractivity contribution >= 4 is 0 Å². The molecule has 0 aliphatic carbocycles. The molecule has 5 heteroatoms. The van der Waals surface area contributed by atoms with E-state index in [0.717, 1.165) is 12.1 Å². The number of hydrogen-bond acceptors (Lipinski definition) is 3. The smallest absolute Gasteiger partial charge is 0.191 e. The maximum absolute atomic E-state index is 13.3. The SMILES string of the molecule is Cc1c(F)cc(OCC2OCC(C)CO2)cc1F. The van der Waals surface area contributed by atoms with Gasteiger partial charge in [-0.25, -0.2) is 8.78 Å². The van der Waals surface area contributed by atoms with E-state index in [0.29, 0.717) is 19.1 Å². The van der Waals surface area contributed by atoms with Crippen molar-refractivity contribution in [1.82, 2.24) is 0 Å². The van der Waals surface area contributed by atoms with Crippen LogP contribution in [0.2, 0.25) is 0 Å². The molecule has 18 heavy (non-hydrogen) atoms. The number of ether oxygens (including phenoxy) is 3. The van der Waals surface area contributed by atoms with Crippen LogP contribution in [0.15, 0.2) is 12.1 Å². The van der Waals surface area contributed by atoms with Crippen molar-refractivity contribution in [2.24, 2.45) is 5.92 Å². The van der Waals surface area contributed by atoms with Gasteiger partial charge in [0.05, 0.1) is 13.2 Å². The molecule has 1 heterocycles. The van der Waals surface area contributed by atoms with Gasteiger partial charge >= 0.3 is 0 Å². The molecule has 0 N–H and O–H groups in total. The zero-order chi connectivity index (χ0) is 13.1. The minimum absolute atomic E-state index is 0.0126. The molecule has 0 radical (unpaired) electrons. The van der Waals surface area contributed by atoms with Crippen molar-refractivity contribution in [2.75, 3.05) is 19.8 Å². The summed E-state index contributed by atoms with van der Waals surface area (Å²) < 4.78 is 42.5. The van der Waals surface area contributed by atoms with Gasteiger partial charge in [0.1, 0.15) is 24.0 Å². The van der Waals surface area contributed by atoms with Crippen molar-refractivity contribution in [1.29, 1.82) is 0 Å². The topological polar surface area (TPSA) is 27.7 Å². The largest absolute Gasteiger partial charge is 0.488 e. The van der Waals surface area contributed by atoms with Gasteiger partial charge in [-0.1, -0.05) is 6.92 Å². The molecule has 1 aliphatic heterocycles. The summed E-state index contributed by atoms with van der Waals surface area (Å²) in [6.45, 7) is 4.72. The Kier molecular flexibility index (Phi) is 4.14. The third-order valence-electron chi connectivity index (χ3n) is 2.77. The molecule has 1 aliphatic rings. The van der Waals surface area contributed by atoms with Gasteiger partial charge in [0.2, 0.25) is 0 Å². The van der Waals surface area contributed by atoms with E-state index in [-0.39, 0.29) is 17.9 Å². The second-order valence-electron chi connectivity index (χ2n) is 4.52. The van der Waals surface area contributed by atoms with Crippen LogP contribution in [0.3, 0.4) is 0 Å². The number of halogens is 2. The van der Waals surface area contributed by atoms with E-state index >= 15 is 0 Å². The lowest BCUT2D eigenvalue weighted by molar-refractivity contribution is -0.208. The van der Waals surface area contributed by atoms with E-state index in [9.17, 15) is 8.78 Å². The van der Waals surface area contributed by atoms with Crippen LogP contribution >= 0.6 is 0 Å². The molecule has 1 aromatic rings. The third-order valence-corrected chi connectivity index (χ3v) is 2.77. The summed E-state index contributed by atoms with van der Waals surface area (Å²) in [5.74, 6) is -0.745. The van der Waals surface area contributed by atoms with Gasteiger partial charge in [-0.15, -0.1) is 0 Å². The van der Waals surface area contributed by atoms with Gasteiger partial charge in [-0.05, 0) is 6.92 Å². The van der Waals surface area contributed by atoms with Crippen molar-refractivity contribution in [2.45, 2.75) is 20.1 Å². The molecular weight excluding hydrogens is 242 g/mol. The van der Waals surface area contributed by atoms with Gasteiger partial charge in [-0.3, -0.25) is 0 Å². The monoisotopic (exact) mass is 258 g/mol. The number of hydrogen-bond donors (Lipinski definition) is 0. The van der Waals surface area contributed by atoms with Crippen molar-refractivity contribution < 1.29 is 23.0 Å². The minimum Gasteiger partial charge on any atom is -0.488 e. The molecule has 0 amide bonds. The van der Waals surface area contributed by atoms with Gasteiger partial charge in [0.15, 0.2) is 6.29 Å². The van der Waals surface area contributed by atoms with E-state index in [1.54, 1.807) is 0 Å². The summed E-state index contributed by atoms with van der Waals surface area (Å²) in [5, 5.41) is 0. The summed E-state index contributed by atoms with van der Waals surface area (Å²) in [6.07, 6.45) is -0.478. The Labute approximate surface area is 105 Å². The molecule has 1 saturated heterocycles. The third kappa shape index (κ3) is 3.17. The quantitative estimate of drug-likeness (QED) is 0.834. The van der Waals surface area contributed by atoms with Crippen molar-refractivity contribution in [3.05, 3.63) is 29.3 Å². The van der Waals surface area contributed by atoms with Gasteiger partial charge in [0.25, 0.3) is 0 Å². The van der Waals surface area contributed by atoms with Crippen LogP contribution in [-0.2, 0) is 9.47 Å². The Balaban J connectivity index is 1.90. The summed E-state index contributed by atoms with van der Waals surface area (Å²) in [7, 11) is 0. The summed E-state index contributed by atoms with van der Waals surface area (Å²) in [5.41, 5.74) is -0.0126. The maximum Gasteiger partial charge on any atom is 0.191 e. The van der Waals surface area contributed by atoms with Crippen molar-refractivity contribution in [3.63, 3.8) is 0 Å². The van der Waals surface area contributed by atoms with Crippen LogP contribution in [-0.4, -0.2) is 26.1 Å². The Bertz CT molecular complexity index is 392. The molecule has 3 nitrogen and oxygen atoms in total. The molecule has 1 fully saturated rings. The first kappa shape index (κ1) is 13.2. The molecular formula is C13H16F2O3. The molecule has 0 aromatic heterocycles. The van der Waals surface area contributed by atoms with E-state index < -0.39 is 17.9 Å². The van der Waals surface area contributed by atoms with Crippen LogP contribution in [0.5, 0.6) is 5.75 Å². The average Bonchev–Trinajstić information content (AvgIpc) is 2.35. The molecule has 0 spiro atoms. The van der Waals surface area contributed by atoms with E-state index in [2.05, 4.69) is 0 Å². The van der Waals surface area contributed by atoms with E-state index in [4.69, 9.17) is 14.2 Å². The normalized spacial score (nSPS) is 24.0. The fraction of sp³-hybridized carbons (Fsp3) is 0.538. The zero-order valence-corrected chi connectivity index (χ0v) is 10.4. The standard InChI is InChI=1S/C13H16F2O3/c1-8-5-17-13(18-6-8)7-16-10-3-11(14)9(2)12(15)4-10/h3-4,8,13H,5-7H2,1-2H3. The Morgan fingerprint density at radius 3 is 2.33 bits per heavy atom. The van der Waals surface area contributed by atoms with Crippen LogP contribution in [0, 0.1) is 24.5 Å². The highest BCUT2D eigenvalue weighted by Gasteiger charge is 2.20. The van der Waals surface area contributed by atoms with Gasteiger partial charge in [-0.2, -0.15) is 0 Å². The lowest BCUT2D eigenvalue weighted by Gasteiger charge is -2.27. The molecule has 0 atom stereocenters. The summed E-state index contributed by atoms with van der Waals surface area (Å²) in [4.78, 5) is 0. The molecule has 1 aromatic carbocycles. The highest BCUT2D eigenvalue weighted by molar-refractivity contribution is 5.29. The molecule has 2 rings (SSSR count). The van der Waals surface area contributed by atoms with Gasteiger partial charge in [0, 0.05) is 23.6 Å². The average molecular weight is 258 g/mol. The number of benzene rings is 1. The number of rotatable bonds is 3. The van der Waals surface area contributed by atoms with Crippen LogP contribution in [0.4, 0.5) is 8.78 Å². The van der Waals surface area contributed by atoms with Crippen LogP contribution in [0.25, 0.3) is 0 Å². The first-order valence-corrected chi connectivity index (χ1v) is 5.88. The predicted molar refractivity (Wildman–Crippen MR) is 61.4 cm³/mol. The van der Waals surface area contributed by atoms with Crippen LogP contribution < -0.4 is 4.74 Å². The highest BCUT2D eigenvalue weighted by atomic mass is 19.1. The Morgan fingerprint density at radius 1 is 1.22 bits per heavy atom. The second-order valence-corrected chi connectivity index (χ2v) is 4.52. The first-order valence-electron chi connectivity index (χ1n) is 5.88. The van der Waals surface area contributed by atoms with E-state index in [1.807, 2.05) is 6.92 Å². The predicted octanol–water partition coefficient (Wildman–Crippen LogP) is 2.66. The molecule has 0 unspecified atom stereocenters. The molecule has 0 saturated carbocycles. The van der Waals surface area contributed by atoms with Crippen LogP contribution in [0.1, 0.15) is 12.5 Å². The minimum atomic E-state index is -0.621. The lowest BCUT2D eigenvalue weighted by Crippen LogP contribution is -2.34. The van der Waals surface area contributed by atoms with Gasteiger partial charge < -0.3 is 14.2 Å². The van der Waals surface area contributed by atoms with Crippen molar-refractivity contribution in [3.8, 4) is 5.75 Å². The summed E-state index contributed by atoms with van der Waals surface area (Å²) >= 11 is 0. The first-order chi connectivity index (χ1) is 8.56. The highest BCUT2D eigenvalue weighted by Crippen LogP contribution is 2.20. The summed E-state index contributed by atoms with van der Waals surface area (Å²) in [6, 6.07) is 2.31. The van der Waals surface area contributed by atoms with E-state index in [1.165, 1.54) is 6.92 Å². The fourth-order valence-electron chi connectivity index (χ4n) is 1.61. The zero-order valence-electron chi connectivity index (χ0n) is 10.4. The maximum atomic E-state index is 13.3. The molecule has 0 bridgehead atoms. The lowest BCUT2D eigenvalue weighted by atomic mass is 10.2.